The number of carbonyl (C=O) groups excluding carboxylic acids is 2. The first-order chi connectivity index (χ1) is 19.4. The molecule has 1 aromatic heterocycles. The highest BCUT2D eigenvalue weighted by Gasteiger charge is 2.39. The van der Waals surface area contributed by atoms with Gasteiger partial charge in [-0.25, -0.2) is 14.2 Å². The van der Waals surface area contributed by atoms with Gasteiger partial charge in [0, 0.05) is 41.0 Å². The van der Waals surface area contributed by atoms with Crippen LogP contribution in [0.1, 0.15) is 74.2 Å². The summed E-state index contributed by atoms with van der Waals surface area (Å²) in [7, 11) is 2.77. The van der Waals surface area contributed by atoms with Crippen molar-refractivity contribution >= 4 is 40.2 Å². The van der Waals surface area contributed by atoms with E-state index in [0.29, 0.717) is 44.4 Å². The number of ether oxygens (including phenoxy) is 3. The maximum absolute atomic E-state index is 15.6. The molecule has 1 aromatic carbocycles. The molecule has 12 heteroatoms. The van der Waals surface area contributed by atoms with Crippen LogP contribution in [0.4, 0.5) is 23.2 Å². The van der Waals surface area contributed by atoms with Gasteiger partial charge >= 0.3 is 12.1 Å². The second kappa shape index (κ2) is 13.2. The van der Waals surface area contributed by atoms with Crippen LogP contribution >= 0.6 is 22.6 Å². The van der Waals surface area contributed by atoms with E-state index in [1.54, 1.807) is 29.7 Å². The van der Waals surface area contributed by atoms with Crippen molar-refractivity contribution < 1.29 is 41.4 Å². The van der Waals surface area contributed by atoms with Crippen LogP contribution in [0.3, 0.4) is 0 Å². The van der Waals surface area contributed by atoms with E-state index in [1.165, 1.54) is 4.90 Å². The molecule has 2 saturated carbocycles. The van der Waals surface area contributed by atoms with Gasteiger partial charge < -0.3 is 19.1 Å². The zero-order valence-corrected chi connectivity index (χ0v) is 25.3. The quantitative estimate of drug-likeness (QED) is 0.170. The first kappa shape index (κ1) is 31.5. The average Bonchev–Trinajstić information content (AvgIpc) is 2.95. The fourth-order valence-corrected chi connectivity index (χ4v) is 6.10. The first-order valence-corrected chi connectivity index (χ1v) is 14.7. The van der Waals surface area contributed by atoms with Gasteiger partial charge in [-0.2, -0.15) is 13.2 Å². The van der Waals surface area contributed by atoms with Crippen LogP contribution in [0.2, 0.25) is 0 Å². The minimum absolute atomic E-state index is 0.0119. The normalized spacial score (nSPS) is 23.1. The van der Waals surface area contributed by atoms with Crippen LogP contribution in [0, 0.1) is 21.2 Å². The molecule has 0 saturated heterocycles. The Bertz CT molecular complexity index is 1260. The van der Waals surface area contributed by atoms with E-state index >= 15 is 4.39 Å². The summed E-state index contributed by atoms with van der Waals surface area (Å²) in [6, 6.07) is 2.48. The molecule has 7 nitrogen and oxygen atoms in total. The molecule has 0 aliphatic heterocycles. The summed E-state index contributed by atoms with van der Waals surface area (Å²) in [5.41, 5.74) is -1.36. The maximum atomic E-state index is 15.6. The summed E-state index contributed by atoms with van der Waals surface area (Å²) >= 11 is 1.68. The van der Waals surface area contributed by atoms with Crippen LogP contribution in [-0.2, 0) is 20.4 Å². The average molecular weight is 692 g/mol. The number of aromatic nitrogens is 1. The molecule has 4 rings (SSSR count). The van der Waals surface area contributed by atoms with Crippen LogP contribution < -0.4 is 9.64 Å². The maximum Gasteiger partial charge on any atom is 0.421 e. The standard InChI is InChI=1S/C29H33F4IN2O5/c1-16-4-6-17(7-5-16)27(37)36(19-8-10-20(39-2)11-9-19)24-14-23(30)25(13-21(24)28(38)40-3)41-26-22(29(31,32)33)12-18(34)15-35-26/h12-17,19-20H,4-11H2,1-3H3/t16-,17-,19?,20?. The number of hydrogen-bond acceptors (Lipinski definition) is 6. The third kappa shape index (κ3) is 7.30. The Balaban J connectivity index is 1.78. The van der Waals surface area contributed by atoms with Crippen LogP contribution in [0.15, 0.2) is 24.4 Å². The Labute approximate surface area is 250 Å². The van der Waals surface area contributed by atoms with Crippen LogP contribution in [-0.4, -0.2) is 43.2 Å². The molecule has 0 radical (unpaired) electrons. The Kier molecular flexibility index (Phi) is 10.1. The van der Waals surface area contributed by atoms with Crippen molar-refractivity contribution in [2.24, 2.45) is 11.8 Å². The van der Waals surface area contributed by atoms with Gasteiger partial charge in [0.25, 0.3) is 0 Å². The SMILES string of the molecule is COC(=O)c1cc(Oc2ncc(I)cc2C(F)(F)F)c(F)cc1N(C(=O)[C@H]1CC[C@H](C)CC1)C1CCC(OC)CC1. The number of rotatable bonds is 7. The van der Waals surface area contributed by atoms with Crippen molar-refractivity contribution in [1.82, 2.24) is 4.98 Å². The third-order valence-corrected chi connectivity index (χ3v) is 8.58. The molecule has 0 bridgehead atoms. The van der Waals surface area contributed by atoms with Gasteiger partial charge in [0.1, 0.15) is 5.56 Å². The molecule has 1 heterocycles. The second-order valence-electron chi connectivity index (χ2n) is 10.7. The highest BCUT2D eigenvalue weighted by molar-refractivity contribution is 14.1. The summed E-state index contributed by atoms with van der Waals surface area (Å²) in [4.78, 5) is 32.3. The Morgan fingerprint density at radius 1 is 1.00 bits per heavy atom. The lowest BCUT2D eigenvalue weighted by Crippen LogP contribution is -2.47. The fraction of sp³-hybridized carbons (Fsp3) is 0.552. The number of pyridine rings is 1. The summed E-state index contributed by atoms with van der Waals surface area (Å²) < 4.78 is 72.6. The van der Waals surface area contributed by atoms with Crippen LogP contribution in [0.5, 0.6) is 11.6 Å². The second-order valence-corrected chi connectivity index (χ2v) is 12.0. The first-order valence-electron chi connectivity index (χ1n) is 13.6. The molecule has 224 valence electrons. The molecule has 2 aliphatic carbocycles. The predicted molar refractivity (Wildman–Crippen MR) is 151 cm³/mol. The lowest BCUT2D eigenvalue weighted by molar-refractivity contribution is -0.139. The predicted octanol–water partition coefficient (Wildman–Crippen LogP) is 7.54. The van der Waals surface area contributed by atoms with E-state index in [9.17, 15) is 22.8 Å². The third-order valence-electron chi connectivity index (χ3n) is 7.99. The smallest absolute Gasteiger partial charge is 0.421 e. The number of methoxy groups -OCH3 is 2. The fourth-order valence-electron chi connectivity index (χ4n) is 5.65. The molecule has 41 heavy (non-hydrogen) atoms. The summed E-state index contributed by atoms with van der Waals surface area (Å²) in [6.45, 7) is 2.14. The van der Waals surface area contributed by atoms with Crippen LogP contribution in [0.25, 0.3) is 0 Å². The van der Waals surface area contributed by atoms with E-state index in [2.05, 4.69) is 11.9 Å². The van der Waals surface area contributed by atoms with Gasteiger partial charge in [-0.05, 0) is 85.9 Å². The Morgan fingerprint density at radius 3 is 2.24 bits per heavy atom. The highest BCUT2D eigenvalue weighted by Crippen LogP contribution is 2.41. The summed E-state index contributed by atoms with van der Waals surface area (Å²) in [5.74, 6) is -3.41. The van der Waals surface area contributed by atoms with Gasteiger partial charge in [-0.1, -0.05) is 6.92 Å². The largest absolute Gasteiger partial charge is 0.465 e. The van der Waals surface area contributed by atoms with Gasteiger partial charge in [-0.15, -0.1) is 0 Å². The topological polar surface area (TPSA) is 78.0 Å². The lowest BCUT2D eigenvalue weighted by Gasteiger charge is -2.40. The number of anilines is 1. The Hall–Kier alpha value is -2.48. The monoisotopic (exact) mass is 692 g/mol. The number of benzene rings is 1. The minimum atomic E-state index is -4.81. The molecule has 2 aliphatic rings. The van der Waals surface area contributed by atoms with Gasteiger partial charge in [0.2, 0.25) is 11.8 Å². The molecule has 1 amide bonds. The van der Waals surface area contributed by atoms with E-state index in [1.807, 2.05) is 0 Å². The molecule has 2 fully saturated rings. The molecular weight excluding hydrogens is 659 g/mol. The van der Waals surface area contributed by atoms with Crippen molar-refractivity contribution in [2.45, 2.75) is 76.6 Å². The van der Waals surface area contributed by atoms with Crippen molar-refractivity contribution in [2.75, 3.05) is 19.1 Å². The van der Waals surface area contributed by atoms with Gasteiger partial charge in [0.05, 0.1) is 24.5 Å². The minimum Gasteiger partial charge on any atom is -0.465 e. The molecule has 2 aromatic rings. The summed E-state index contributed by atoms with van der Waals surface area (Å²) in [6.07, 6.45) is 2.03. The number of halogens is 5. The van der Waals surface area contributed by atoms with E-state index in [0.717, 1.165) is 44.3 Å². The number of hydrogen-bond donors (Lipinski definition) is 0. The molecule has 0 N–H and O–H groups in total. The van der Waals surface area contributed by atoms with Crippen molar-refractivity contribution in [3.63, 3.8) is 0 Å². The molecule has 0 atom stereocenters. The van der Waals surface area contributed by atoms with Gasteiger partial charge in [0.15, 0.2) is 11.6 Å². The Morgan fingerprint density at radius 2 is 1.66 bits per heavy atom. The number of carbonyl (C=O) groups is 2. The summed E-state index contributed by atoms with van der Waals surface area (Å²) in [5, 5.41) is 0. The number of amides is 1. The molecule has 0 unspecified atom stereocenters. The van der Waals surface area contributed by atoms with E-state index in [-0.39, 0.29) is 38.8 Å². The van der Waals surface area contributed by atoms with Crippen molar-refractivity contribution in [3.8, 4) is 11.6 Å². The molecule has 0 spiro atoms. The number of alkyl halides is 3. The van der Waals surface area contributed by atoms with E-state index < -0.39 is 35.2 Å². The zero-order chi connectivity index (χ0) is 29.9. The van der Waals surface area contributed by atoms with Gasteiger partial charge in [-0.3, -0.25) is 4.79 Å². The lowest BCUT2D eigenvalue weighted by atomic mass is 9.81. The number of esters is 1. The van der Waals surface area contributed by atoms with Crippen molar-refractivity contribution in [1.29, 1.82) is 0 Å². The van der Waals surface area contributed by atoms with Crippen molar-refractivity contribution in [3.05, 3.63) is 44.9 Å². The zero-order valence-electron chi connectivity index (χ0n) is 23.1. The number of nitrogens with zero attached hydrogens (tertiary/aromatic N) is 2. The highest BCUT2D eigenvalue weighted by atomic mass is 127. The van der Waals surface area contributed by atoms with E-state index in [4.69, 9.17) is 14.2 Å². The molecular formula is C29H33F4IN2O5.